The van der Waals surface area contributed by atoms with Crippen LogP contribution >= 0.6 is 0 Å². The highest BCUT2D eigenvalue weighted by molar-refractivity contribution is 5.72. The lowest BCUT2D eigenvalue weighted by Gasteiger charge is -2.38. The van der Waals surface area contributed by atoms with Gasteiger partial charge in [0.15, 0.2) is 13.1 Å². The molecule has 0 aromatic carbocycles. The average molecular weight is 543 g/mol. The number of hydrogen-bond acceptors (Lipinski definition) is 7. The molecule has 0 saturated heterocycles. The van der Waals surface area contributed by atoms with Crippen molar-refractivity contribution in [2.75, 3.05) is 78.5 Å². The van der Waals surface area contributed by atoms with Crippen LogP contribution in [0, 0.1) is 0 Å². The molecule has 0 atom stereocenters. The van der Waals surface area contributed by atoms with E-state index in [1.165, 1.54) is 0 Å². The van der Waals surface area contributed by atoms with Crippen LogP contribution in [-0.4, -0.2) is 149 Å². The second kappa shape index (κ2) is 14.8. The van der Waals surface area contributed by atoms with Gasteiger partial charge in [-0.25, -0.2) is 9.59 Å². The number of aliphatic carboxylic acids is 4. The maximum Gasteiger partial charge on any atom is 0.401 e. The number of nitrogens with one attached hydrogen (secondary N) is 1. The van der Waals surface area contributed by atoms with E-state index in [0.717, 1.165) is 9.80 Å². The van der Waals surface area contributed by atoms with E-state index < -0.39 is 119 Å². The molecular weight excluding hydrogens is 514 g/mol. The largest absolute Gasteiger partial charge is 0.480 e. The Labute approximate surface area is 201 Å². The van der Waals surface area contributed by atoms with Gasteiger partial charge in [-0.15, -0.1) is 0 Å². The summed E-state index contributed by atoms with van der Waals surface area (Å²) in [5.41, 5.74) is 0. The summed E-state index contributed by atoms with van der Waals surface area (Å²) in [5, 5.41) is 38.2. The molecule has 0 bridgehead atoms. The number of quaternary nitrogens is 1. The van der Waals surface area contributed by atoms with E-state index >= 15 is 0 Å². The lowest BCUT2D eigenvalue weighted by atomic mass is 10.2. The highest BCUT2D eigenvalue weighted by Gasteiger charge is 2.37. The predicted octanol–water partition coefficient (Wildman–Crippen LogP) is -0.540. The summed E-state index contributed by atoms with van der Waals surface area (Å²) in [7, 11) is 0. The molecule has 0 spiro atoms. The minimum Gasteiger partial charge on any atom is -0.480 e. The van der Waals surface area contributed by atoms with Gasteiger partial charge in [-0.3, -0.25) is 19.4 Å². The van der Waals surface area contributed by atoms with Crippen molar-refractivity contribution in [3.8, 4) is 0 Å². The van der Waals surface area contributed by atoms with Crippen LogP contribution in [0.15, 0.2) is 0 Å². The van der Waals surface area contributed by atoms with E-state index in [1.807, 2.05) is 5.32 Å². The fourth-order valence-electron chi connectivity index (χ4n) is 3.36. The Morgan fingerprint density at radius 2 is 1.14 bits per heavy atom. The van der Waals surface area contributed by atoms with Crippen LogP contribution in [0.1, 0.15) is 0 Å². The van der Waals surface area contributed by atoms with E-state index in [-0.39, 0.29) is 0 Å². The molecular formula is C18H29F6N4O8+. The van der Waals surface area contributed by atoms with Crippen molar-refractivity contribution < 1.29 is 70.4 Å². The van der Waals surface area contributed by atoms with Gasteiger partial charge >= 0.3 is 36.2 Å². The van der Waals surface area contributed by atoms with Crippen molar-refractivity contribution >= 4 is 23.9 Å². The van der Waals surface area contributed by atoms with Gasteiger partial charge in [-0.2, -0.15) is 26.3 Å². The monoisotopic (exact) mass is 543 g/mol. The number of carbonyl (C=O) groups is 4. The minimum atomic E-state index is -4.77. The molecule has 0 aromatic rings. The molecule has 0 aromatic heterocycles. The van der Waals surface area contributed by atoms with Crippen LogP contribution in [0.5, 0.6) is 0 Å². The number of hydrogen-bond donors (Lipinski definition) is 5. The summed E-state index contributed by atoms with van der Waals surface area (Å²) < 4.78 is 75.5. The summed E-state index contributed by atoms with van der Waals surface area (Å²) in [6, 6.07) is 0. The highest BCUT2D eigenvalue weighted by Crippen LogP contribution is 2.17. The van der Waals surface area contributed by atoms with E-state index in [9.17, 15) is 55.7 Å². The Hall–Kier alpha value is -2.70. The van der Waals surface area contributed by atoms with Gasteiger partial charge in [0, 0.05) is 26.2 Å². The summed E-state index contributed by atoms with van der Waals surface area (Å²) >= 11 is 0. The first-order valence-electron chi connectivity index (χ1n) is 10.3. The first-order valence-corrected chi connectivity index (χ1v) is 10.3. The van der Waals surface area contributed by atoms with Gasteiger partial charge in [0.05, 0.1) is 39.3 Å². The number of halogens is 6. The van der Waals surface area contributed by atoms with Crippen LogP contribution < -0.4 is 5.32 Å². The average Bonchev–Trinajstić information content (AvgIpc) is 2.63. The highest BCUT2D eigenvalue weighted by atomic mass is 19.4. The molecule has 0 heterocycles. The molecule has 0 fully saturated rings. The molecule has 0 aliphatic heterocycles. The quantitative estimate of drug-likeness (QED) is 0.0806. The second-order valence-corrected chi connectivity index (χ2v) is 8.07. The SMILES string of the molecule is O=C(O)CN(CCN(CC[N+](CCNCC(F)(F)F)(CC(=O)O)CC(=O)O)CC(F)(F)F)CC(=O)O. The Morgan fingerprint density at radius 1 is 0.667 bits per heavy atom. The summed E-state index contributed by atoms with van der Waals surface area (Å²) in [4.78, 5) is 46.1. The third kappa shape index (κ3) is 17.7. The summed E-state index contributed by atoms with van der Waals surface area (Å²) in [5.74, 6) is -5.90. The van der Waals surface area contributed by atoms with Gasteiger partial charge in [0.2, 0.25) is 0 Å². The summed E-state index contributed by atoms with van der Waals surface area (Å²) in [6.07, 6.45) is -9.37. The van der Waals surface area contributed by atoms with Crippen molar-refractivity contribution in [3.63, 3.8) is 0 Å². The molecule has 18 heteroatoms. The third-order valence-electron chi connectivity index (χ3n) is 4.77. The maximum atomic E-state index is 13.1. The van der Waals surface area contributed by atoms with Gasteiger partial charge in [-0.05, 0) is 0 Å². The number of alkyl halides is 6. The maximum absolute atomic E-state index is 13.1. The van der Waals surface area contributed by atoms with Crippen molar-refractivity contribution in [1.82, 2.24) is 15.1 Å². The number of rotatable bonds is 19. The molecule has 12 nitrogen and oxygen atoms in total. The number of carboxylic acids is 4. The molecule has 0 saturated carbocycles. The standard InChI is InChI=1S/C18H28F6N4O8/c19-17(20,21)11-25-1-5-28(9-15(33)34,10-16(35)36)6-4-26(12-18(22,23)24)2-3-27(7-13(29)30)8-14(31)32/h25H,1-12H2,(H3-,29,30,31,32,33,34,35,36)/p+1. The number of nitrogens with zero attached hydrogens (tertiary/aromatic N) is 3. The summed E-state index contributed by atoms with van der Waals surface area (Å²) in [6.45, 7) is -9.33. The molecule has 0 aliphatic carbocycles. The molecule has 5 N–H and O–H groups in total. The first kappa shape index (κ1) is 33.3. The minimum absolute atomic E-state index is 0.431. The number of carboxylic acid groups (broad SMARTS) is 4. The zero-order chi connectivity index (χ0) is 28.2. The van der Waals surface area contributed by atoms with E-state index in [1.54, 1.807) is 0 Å². The Balaban J connectivity index is 5.63. The van der Waals surface area contributed by atoms with Crippen molar-refractivity contribution in [2.45, 2.75) is 12.4 Å². The zero-order valence-corrected chi connectivity index (χ0v) is 19.0. The van der Waals surface area contributed by atoms with Crippen molar-refractivity contribution in [1.29, 1.82) is 0 Å². The normalized spacial score (nSPS) is 12.8. The van der Waals surface area contributed by atoms with Crippen LogP contribution in [0.3, 0.4) is 0 Å². The van der Waals surface area contributed by atoms with Crippen molar-refractivity contribution in [3.05, 3.63) is 0 Å². The Morgan fingerprint density at radius 3 is 1.53 bits per heavy atom. The fourth-order valence-corrected chi connectivity index (χ4v) is 3.36. The van der Waals surface area contributed by atoms with E-state index in [0.29, 0.717) is 0 Å². The molecule has 0 unspecified atom stereocenters. The molecule has 0 aliphatic rings. The second-order valence-electron chi connectivity index (χ2n) is 8.07. The lowest BCUT2D eigenvalue weighted by Crippen LogP contribution is -2.59. The third-order valence-corrected chi connectivity index (χ3v) is 4.77. The van der Waals surface area contributed by atoms with Gasteiger partial charge < -0.3 is 30.2 Å². The van der Waals surface area contributed by atoms with Crippen LogP contribution in [0.4, 0.5) is 26.3 Å². The van der Waals surface area contributed by atoms with E-state index in [2.05, 4.69) is 0 Å². The molecule has 210 valence electrons. The van der Waals surface area contributed by atoms with Gasteiger partial charge in [0.1, 0.15) is 0 Å². The van der Waals surface area contributed by atoms with Gasteiger partial charge in [0.25, 0.3) is 0 Å². The first-order chi connectivity index (χ1) is 16.3. The lowest BCUT2D eigenvalue weighted by molar-refractivity contribution is -0.913. The molecule has 36 heavy (non-hydrogen) atoms. The molecule has 0 radical (unpaired) electrons. The Kier molecular flexibility index (Phi) is 13.7. The topological polar surface area (TPSA) is 168 Å². The van der Waals surface area contributed by atoms with Crippen LogP contribution in [0.2, 0.25) is 0 Å². The van der Waals surface area contributed by atoms with Crippen LogP contribution in [-0.2, 0) is 19.2 Å². The van der Waals surface area contributed by atoms with Crippen molar-refractivity contribution in [2.24, 2.45) is 0 Å². The molecule has 0 amide bonds. The smallest absolute Gasteiger partial charge is 0.401 e. The fraction of sp³-hybridized carbons (Fsp3) is 0.778. The molecule has 0 rings (SSSR count). The Bertz CT molecular complexity index is 718. The van der Waals surface area contributed by atoms with Crippen LogP contribution in [0.25, 0.3) is 0 Å². The van der Waals surface area contributed by atoms with Gasteiger partial charge in [-0.1, -0.05) is 0 Å². The predicted molar refractivity (Wildman–Crippen MR) is 108 cm³/mol. The van der Waals surface area contributed by atoms with E-state index in [4.69, 9.17) is 10.2 Å². The zero-order valence-electron chi connectivity index (χ0n) is 19.0.